The molecule has 28 heavy (non-hydrogen) atoms. The molecule has 1 aromatic heterocycles. The van der Waals surface area contributed by atoms with Crippen molar-refractivity contribution in [2.45, 2.75) is 32.6 Å². The van der Waals surface area contributed by atoms with Crippen LogP contribution in [0, 0.1) is 12.8 Å². The highest BCUT2D eigenvalue weighted by molar-refractivity contribution is 6.00. The van der Waals surface area contributed by atoms with Gasteiger partial charge in [0.05, 0.1) is 5.56 Å². The number of hydrogen-bond acceptors (Lipinski definition) is 4. The first kappa shape index (κ1) is 18.3. The summed E-state index contributed by atoms with van der Waals surface area (Å²) in [6.45, 7) is 3.78. The van der Waals surface area contributed by atoms with Crippen LogP contribution in [0.2, 0.25) is 0 Å². The number of aromatic amines is 1. The van der Waals surface area contributed by atoms with Gasteiger partial charge in [-0.05, 0) is 60.9 Å². The van der Waals surface area contributed by atoms with Crippen molar-refractivity contribution in [2.24, 2.45) is 5.92 Å². The molecule has 1 N–H and O–H groups in total. The highest BCUT2D eigenvalue weighted by Gasteiger charge is 2.26. The Labute approximate surface area is 165 Å². The first-order valence-corrected chi connectivity index (χ1v) is 9.89. The molecule has 0 spiro atoms. The van der Waals surface area contributed by atoms with E-state index in [0.29, 0.717) is 17.3 Å². The third-order valence-electron chi connectivity index (χ3n) is 5.63. The lowest BCUT2D eigenvalue weighted by Gasteiger charge is -2.33. The molecule has 3 aromatic rings. The Kier molecular flexibility index (Phi) is 5.46. The average Bonchev–Trinajstić information content (AvgIpc) is 3.28. The van der Waals surface area contributed by atoms with Crippen LogP contribution in [0.25, 0.3) is 11.4 Å². The van der Waals surface area contributed by atoms with Crippen molar-refractivity contribution in [3.05, 3.63) is 65.2 Å². The van der Waals surface area contributed by atoms with E-state index in [1.165, 1.54) is 17.5 Å². The van der Waals surface area contributed by atoms with Crippen molar-refractivity contribution in [3.63, 3.8) is 0 Å². The molecule has 0 bridgehead atoms. The maximum absolute atomic E-state index is 13.2. The Balaban J connectivity index is 1.45. The number of benzene rings is 2. The number of aryl methyl sites for hydroxylation is 2. The molecule has 1 fully saturated rings. The molecule has 1 atom stereocenters. The Morgan fingerprint density at radius 3 is 2.82 bits per heavy atom. The van der Waals surface area contributed by atoms with E-state index in [4.69, 9.17) is 0 Å². The van der Waals surface area contributed by atoms with Gasteiger partial charge in [-0.25, -0.2) is 0 Å². The number of rotatable bonds is 5. The van der Waals surface area contributed by atoms with Gasteiger partial charge in [0.25, 0.3) is 5.91 Å². The molecule has 1 aliphatic heterocycles. The standard InChI is InChI=1S/C22H25N5O/c1-16-7-2-3-9-18(16)13-12-17-8-6-14-27(15-17)22(28)20-11-5-4-10-19(20)21-23-25-26-24-21/h2-5,7,9-11,17H,6,8,12-15H2,1H3,(H,23,24,25,26)/t17-/m0/s1. The SMILES string of the molecule is Cc1ccccc1CC[C@@H]1CCCN(C(=O)c2ccccc2-c2nn[nH]n2)C1. The molecule has 2 heterocycles. The van der Waals surface area contributed by atoms with E-state index >= 15 is 0 Å². The molecular weight excluding hydrogens is 350 g/mol. The molecule has 0 aliphatic carbocycles. The van der Waals surface area contributed by atoms with E-state index in [9.17, 15) is 4.79 Å². The molecule has 2 aromatic carbocycles. The number of H-pyrrole nitrogens is 1. The summed E-state index contributed by atoms with van der Waals surface area (Å²) in [7, 11) is 0. The Morgan fingerprint density at radius 1 is 1.18 bits per heavy atom. The third kappa shape index (κ3) is 3.96. The van der Waals surface area contributed by atoms with Crippen LogP contribution < -0.4 is 0 Å². The molecule has 6 nitrogen and oxygen atoms in total. The fraction of sp³-hybridized carbons (Fsp3) is 0.364. The van der Waals surface area contributed by atoms with E-state index < -0.39 is 0 Å². The van der Waals surface area contributed by atoms with E-state index in [2.05, 4.69) is 51.8 Å². The quantitative estimate of drug-likeness (QED) is 0.738. The zero-order valence-electron chi connectivity index (χ0n) is 16.1. The van der Waals surface area contributed by atoms with Gasteiger partial charge in [-0.15, -0.1) is 10.2 Å². The lowest BCUT2D eigenvalue weighted by atomic mass is 9.90. The molecule has 6 heteroatoms. The van der Waals surface area contributed by atoms with Gasteiger partial charge < -0.3 is 4.90 Å². The Bertz CT molecular complexity index is 938. The minimum Gasteiger partial charge on any atom is -0.338 e. The monoisotopic (exact) mass is 375 g/mol. The van der Waals surface area contributed by atoms with E-state index in [1.807, 2.05) is 29.2 Å². The fourth-order valence-electron chi connectivity index (χ4n) is 4.05. The second-order valence-electron chi connectivity index (χ2n) is 7.51. The summed E-state index contributed by atoms with van der Waals surface area (Å²) in [4.78, 5) is 15.2. The second-order valence-corrected chi connectivity index (χ2v) is 7.51. The smallest absolute Gasteiger partial charge is 0.254 e. The van der Waals surface area contributed by atoms with Crippen LogP contribution in [-0.4, -0.2) is 44.5 Å². The summed E-state index contributed by atoms with van der Waals surface area (Å²) in [5, 5.41) is 14.2. The molecule has 4 rings (SSSR count). The van der Waals surface area contributed by atoms with Crippen LogP contribution >= 0.6 is 0 Å². The summed E-state index contributed by atoms with van der Waals surface area (Å²) in [5.41, 5.74) is 4.13. The van der Waals surface area contributed by atoms with Crippen LogP contribution in [-0.2, 0) is 6.42 Å². The van der Waals surface area contributed by atoms with Crippen LogP contribution in [0.3, 0.4) is 0 Å². The summed E-state index contributed by atoms with van der Waals surface area (Å²) in [5.74, 6) is 1.05. The van der Waals surface area contributed by atoms with E-state index in [0.717, 1.165) is 37.9 Å². The van der Waals surface area contributed by atoms with Crippen molar-refractivity contribution in [1.82, 2.24) is 25.5 Å². The maximum atomic E-state index is 13.2. The number of amides is 1. The summed E-state index contributed by atoms with van der Waals surface area (Å²) >= 11 is 0. The normalized spacial score (nSPS) is 16.9. The van der Waals surface area contributed by atoms with Crippen LogP contribution in [0.5, 0.6) is 0 Å². The number of likely N-dealkylation sites (tertiary alicyclic amines) is 1. The molecule has 0 unspecified atom stereocenters. The Hall–Kier alpha value is -3.02. The number of hydrogen-bond donors (Lipinski definition) is 1. The molecule has 0 radical (unpaired) electrons. The third-order valence-corrected chi connectivity index (χ3v) is 5.63. The summed E-state index contributed by atoms with van der Waals surface area (Å²) < 4.78 is 0. The van der Waals surface area contributed by atoms with Crippen molar-refractivity contribution in [1.29, 1.82) is 0 Å². The zero-order valence-corrected chi connectivity index (χ0v) is 16.1. The minimum absolute atomic E-state index is 0.0565. The first-order chi connectivity index (χ1) is 13.7. The topological polar surface area (TPSA) is 74.8 Å². The van der Waals surface area contributed by atoms with Gasteiger partial charge in [-0.3, -0.25) is 4.79 Å². The molecule has 1 aliphatic rings. The Morgan fingerprint density at radius 2 is 2.00 bits per heavy atom. The average molecular weight is 375 g/mol. The fourth-order valence-corrected chi connectivity index (χ4v) is 4.05. The molecule has 144 valence electrons. The van der Waals surface area contributed by atoms with Crippen molar-refractivity contribution in [2.75, 3.05) is 13.1 Å². The lowest BCUT2D eigenvalue weighted by Crippen LogP contribution is -2.40. The number of nitrogens with zero attached hydrogens (tertiary/aromatic N) is 4. The van der Waals surface area contributed by atoms with Crippen LogP contribution in [0.4, 0.5) is 0 Å². The number of carbonyl (C=O) groups excluding carboxylic acids is 1. The molecule has 0 saturated carbocycles. The van der Waals surface area contributed by atoms with Crippen LogP contribution in [0.1, 0.15) is 40.7 Å². The highest BCUT2D eigenvalue weighted by atomic mass is 16.2. The predicted octanol–water partition coefficient (Wildman–Crippen LogP) is 3.66. The number of tetrazole rings is 1. The maximum Gasteiger partial charge on any atom is 0.254 e. The van der Waals surface area contributed by atoms with Gasteiger partial charge >= 0.3 is 0 Å². The highest BCUT2D eigenvalue weighted by Crippen LogP contribution is 2.26. The van der Waals surface area contributed by atoms with Gasteiger partial charge in [-0.2, -0.15) is 5.21 Å². The number of nitrogens with one attached hydrogen (secondary N) is 1. The number of aromatic nitrogens is 4. The van der Waals surface area contributed by atoms with E-state index in [-0.39, 0.29) is 5.91 Å². The number of piperidine rings is 1. The van der Waals surface area contributed by atoms with Crippen molar-refractivity contribution in [3.8, 4) is 11.4 Å². The minimum atomic E-state index is 0.0565. The summed E-state index contributed by atoms with van der Waals surface area (Å²) in [6.07, 6.45) is 4.41. The van der Waals surface area contributed by atoms with E-state index in [1.54, 1.807) is 0 Å². The van der Waals surface area contributed by atoms with Gasteiger partial charge in [0.15, 0.2) is 0 Å². The molecule has 1 saturated heterocycles. The van der Waals surface area contributed by atoms with Gasteiger partial charge in [-0.1, -0.05) is 42.5 Å². The van der Waals surface area contributed by atoms with Gasteiger partial charge in [0.2, 0.25) is 5.82 Å². The predicted molar refractivity (Wildman–Crippen MR) is 108 cm³/mol. The van der Waals surface area contributed by atoms with Gasteiger partial charge in [0.1, 0.15) is 0 Å². The van der Waals surface area contributed by atoms with Crippen molar-refractivity contribution >= 4 is 5.91 Å². The zero-order chi connectivity index (χ0) is 19.3. The van der Waals surface area contributed by atoms with Crippen molar-refractivity contribution < 1.29 is 4.79 Å². The second kappa shape index (κ2) is 8.33. The number of carbonyl (C=O) groups is 1. The van der Waals surface area contributed by atoms with Gasteiger partial charge in [0, 0.05) is 18.7 Å². The first-order valence-electron chi connectivity index (χ1n) is 9.89. The largest absolute Gasteiger partial charge is 0.338 e. The lowest BCUT2D eigenvalue weighted by molar-refractivity contribution is 0.0669. The molecular formula is C22H25N5O. The summed E-state index contributed by atoms with van der Waals surface area (Å²) in [6, 6.07) is 16.1. The van der Waals surface area contributed by atoms with Crippen LogP contribution in [0.15, 0.2) is 48.5 Å². The molecule has 1 amide bonds.